The molecule has 8 heteroatoms. The molecule has 2 N–H and O–H groups in total. The van der Waals surface area contributed by atoms with E-state index in [4.69, 9.17) is 15.2 Å². The first-order valence-corrected chi connectivity index (χ1v) is 17.1. The monoisotopic (exact) mass is 572 g/mol. The molecule has 1 fully saturated rings. The fraction of sp³-hybridized carbons (Fsp3) is 0.481. The van der Waals surface area contributed by atoms with Crippen molar-refractivity contribution in [2.75, 3.05) is 0 Å². The second-order valence-corrected chi connectivity index (χ2v) is 17.9. The van der Waals surface area contributed by atoms with Gasteiger partial charge in [-0.3, -0.25) is 0 Å². The van der Waals surface area contributed by atoms with Gasteiger partial charge in [0.05, 0.1) is 23.0 Å². The molecule has 0 spiro atoms. The molecule has 2 aromatic heterocycles. The van der Waals surface area contributed by atoms with Crippen LogP contribution in [0.3, 0.4) is 0 Å². The lowest BCUT2D eigenvalue weighted by Crippen LogP contribution is -2.43. The van der Waals surface area contributed by atoms with Crippen molar-refractivity contribution >= 4 is 53.0 Å². The molecule has 188 valence electrons. The molecule has 1 aromatic carbocycles. The zero-order valence-corrected chi connectivity index (χ0v) is 25.1. The Bertz CT molecular complexity index is 1240. The molecule has 0 amide bonds. The van der Waals surface area contributed by atoms with Crippen molar-refractivity contribution in [1.29, 1.82) is 0 Å². The van der Waals surface area contributed by atoms with Gasteiger partial charge >= 0.3 is 0 Å². The molecule has 1 aliphatic carbocycles. The average Bonchev–Trinajstić information content (AvgIpc) is 3.42. The maximum atomic E-state index is 6.67. The first-order chi connectivity index (χ1) is 16.5. The average molecular weight is 574 g/mol. The molecule has 0 atom stereocenters. The summed E-state index contributed by atoms with van der Waals surface area (Å²) in [6, 6.07) is 8.32. The van der Waals surface area contributed by atoms with Crippen LogP contribution < -0.4 is 10.2 Å². The molecule has 3 aromatic rings. The lowest BCUT2D eigenvalue weighted by molar-refractivity contribution is 0.492. The van der Waals surface area contributed by atoms with Crippen LogP contribution >= 0.6 is 27.7 Å². The molecular weight excluding hydrogens is 536 g/mol. The number of fused-ring (bicyclic) bond motifs is 1. The minimum absolute atomic E-state index is 0.146. The van der Waals surface area contributed by atoms with E-state index >= 15 is 0 Å². The lowest BCUT2D eigenvalue weighted by Gasteiger charge is -2.36. The van der Waals surface area contributed by atoms with E-state index in [9.17, 15) is 0 Å². The number of hydrogen-bond acceptors (Lipinski definition) is 4. The maximum absolute atomic E-state index is 6.67. The van der Waals surface area contributed by atoms with Gasteiger partial charge in [0.15, 0.2) is 0 Å². The fourth-order valence-corrected chi connectivity index (χ4v) is 7.03. The Morgan fingerprint density at radius 3 is 2.63 bits per heavy atom. The first kappa shape index (κ1) is 26.3. The van der Waals surface area contributed by atoms with Crippen molar-refractivity contribution in [2.24, 2.45) is 10.7 Å². The topological polar surface area (TPSA) is 64.9 Å². The molecule has 2 heterocycles. The SMILES string of the molecule is CCc1cc(O[Si](C)(C)C(C)(C)C)ccc1/N=C(\N)c1cnn2cc(Br)cc2c1SC1CCCC1. The third-order valence-electron chi connectivity index (χ3n) is 7.27. The number of aromatic nitrogens is 2. The van der Waals surface area contributed by atoms with Gasteiger partial charge < -0.3 is 10.2 Å². The molecule has 0 radical (unpaired) electrons. The van der Waals surface area contributed by atoms with Crippen molar-refractivity contribution < 1.29 is 4.43 Å². The van der Waals surface area contributed by atoms with E-state index in [1.54, 1.807) is 0 Å². The molecule has 1 aliphatic rings. The zero-order chi connectivity index (χ0) is 25.4. The number of amidine groups is 1. The normalized spacial score (nSPS) is 15.8. The van der Waals surface area contributed by atoms with Gasteiger partial charge in [-0.1, -0.05) is 40.5 Å². The van der Waals surface area contributed by atoms with Gasteiger partial charge in [-0.05, 0) is 83.2 Å². The van der Waals surface area contributed by atoms with E-state index < -0.39 is 8.32 Å². The number of aryl methyl sites for hydroxylation is 1. The molecule has 1 saturated carbocycles. The van der Waals surface area contributed by atoms with Crippen molar-refractivity contribution in [2.45, 2.75) is 88.1 Å². The third kappa shape index (κ3) is 5.80. The summed E-state index contributed by atoms with van der Waals surface area (Å²) < 4.78 is 9.47. The number of nitrogens with two attached hydrogens (primary N) is 1. The Labute approximate surface area is 223 Å². The number of benzene rings is 1. The van der Waals surface area contributed by atoms with E-state index in [1.165, 1.54) is 25.7 Å². The van der Waals surface area contributed by atoms with Crippen LogP contribution in [0.1, 0.15) is 64.5 Å². The standard InChI is InChI=1S/C27H37BrN4OSSi/c1-7-18-14-20(33-35(5,6)27(2,3)4)12-13-23(18)31-26(29)22-16-30-32-17-19(28)15-24(32)25(22)34-21-10-8-9-11-21/h12-17,21H,7-11H2,1-6H3,(H2,29,31). The second kappa shape index (κ2) is 10.3. The van der Waals surface area contributed by atoms with Gasteiger partial charge in [-0.25, -0.2) is 9.51 Å². The van der Waals surface area contributed by atoms with E-state index in [-0.39, 0.29) is 5.04 Å². The quantitative estimate of drug-likeness (QED) is 0.176. The maximum Gasteiger partial charge on any atom is 0.250 e. The Kier molecular flexibility index (Phi) is 7.74. The number of halogens is 1. The van der Waals surface area contributed by atoms with Gasteiger partial charge in [-0.15, -0.1) is 11.8 Å². The summed E-state index contributed by atoms with van der Waals surface area (Å²) in [5.74, 6) is 1.43. The minimum atomic E-state index is -1.91. The Hall–Kier alpha value is -1.77. The summed E-state index contributed by atoms with van der Waals surface area (Å²) in [7, 11) is -1.91. The highest BCUT2D eigenvalue weighted by molar-refractivity contribution is 9.10. The Balaban J connectivity index is 1.70. The second-order valence-electron chi connectivity index (χ2n) is 10.9. The van der Waals surface area contributed by atoms with Gasteiger partial charge in [0.1, 0.15) is 11.6 Å². The predicted octanol–water partition coefficient (Wildman–Crippen LogP) is 8.11. The summed E-state index contributed by atoms with van der Waals surface area (Å²) in [4.78, 5) is 6.07. The predicted molar refractivity (Wildman–Crippen MR) is 155 cm³/mol. The van der Waals surface area contributed by atoms with E-state index in [2.05, 4.69) is 74.0 Å². The van der Waals surface area contributed by atoms with E-state index in [0.29, 0.717) is 11.1 Å². The summed E-state index contributed by atoms with van der Waals surface area (Å²) in [6.45, 7) is 13.5. The number of hydrogen-bond donors (Lipinski definition) is 1. The van der Waals surface area contributed by atoms with Crippen molar-refractivity contribution in [3.63, 3.8) is 0 Å². The smallest absolute Gasteiger partial charge is 0.250 e. The molecule has 0 unspecified atom stereocenters. The molecule has 0 aliphatic heterocycles. The summed E-state index contributed by atoms with van der Waals surface area (Å²) in [5, 5.41) is 5.37. The highest BCUT2D eigenvalue weighted by atomic mass is 79.9. The van der Waals surface area contributed by atoms with Crippen molar-refractivity contribution in [3.05, 3.63) is 52.3 Å². The van der Waals surface area contributed by atoms with Crippen molar-refractivity contribution in [3.8, 4) is 5.75 Å². The summed E-state index contributed by atoms with van der Waals surface area (Å²) in [6.07, 6.45) is 9.78. The number of nitrogens with zero attached hydrogens (tertiary/aromatic N) is 3. The number of rotatable bonds is 7. The Morgan fingerprint density at radius 2 is 1.97 bits per heavy atom. The molecular formula is C27H37BrN4OSSi. The van der Waals surface area contributed by atoms with E-state index in [1.807, 2.05) is 40.8 Å². The van der Waals surface area contributed by atoms with Gasteiger partial charge in [-0.2, -0.15) is 5.10 Å². The largest absolute Gasteiger partial charge is 0.543 e. The molecule has 0 bridgehead atoms. The highest BCUT2D eigenvalue weighted by Gasteiger charge is 2.39. The molecule has 5 nitrogen and oxygen atoms in total. The zero-order valence-electron chi connectivity index (χ0n) is 21.7. The van der Waals surface area contributed by atoms with Gasteiger partial charge in [0.2, 0.25) is 8.32 Å². The third-order valence-corrected chi connectivity index (χ3v) is 13.5. The van der Waals surface area contributed by atoms with Crippen LogP contribution in [0.5, 0.6) is 5.75 Å². The van der Waals surface area contributed by atoms with Crippen LogP contribution in [0.15, 0.2) is 51.0 Å². The van der Waals surface area contributed by atoms with Crippen LogP contribution in [0.2, 0.25) is 18.1 Å². The highest BCUT2D eigenvalue weighted by Crippen LogP contribution is 2.40. The van der Waals surface area contributed by atoms with Crippen LogP contribution in [-0.2, 0) is 6.42 Å². The number of thioether (sulfide) groups is 1. The molecule has 0 saturated heterocycles. The summed E-state index contributed by atoms with van der Waals surface area (Å²) >= 11 is 5.53. The summed E-state index contributed by atoms with van der Waals surface area (Å²) in [5.41, 5.74) is 10.7. The fourth-order valence-electron chi connectivity index (χ4n) is 4.14. The van der Waals surface area contributed by atoms with Crippen LogP contribution in [0.4, 0.5) is 5.69 Å². The van der Waals surface area contributed by atoms with Gasteiger partial charge in [0, 0.05) is 20.8 Å². The van der Waals surface area contributed by atoms with Crippen LogP contribution in [0, 0.1) is 0 Å². The molecule has 4 rings (SSSR count). The van der Waals surface area contributed by atoms with E-state index in [0.717, 1.165) is 43.9 Å². The minimum Gasteiger partial charge on any atom is -0.543 e. The number of aliphatic imine (C=N–C) groups is 1. The van der Waals surface area contributed by atoms with Crippen LogP contribution in [-0.4, -0.2) is 29.0 Å². The van der Waals surface area contributed by atoms with Gasteiger partial charge in [0.25, 0.3) is 0 Å². The van der Waals surface area contributed by atoms with Crippen molar-refractivity contribution in [1.82, 2.24) is 9.61 Å². The Morgan fingerprint density at radius 1 is 1.26 bits per heavy atom. The first-order valence-electron chi connectivity index (χ1n) is 12.5. The molecule has 35 heavy (non-hydrogen) atoms. The van der Waals surface area contributed by atoms with Crippen LogP contribution in [0.25, 0.3) is 5.52 Å². The lowest BCUT2D eigenvalue weighted by atomic mass is 10.1.